The zero-order chi connectivity index (χ0) is 12.6. The highest BCUT2D eigenvalue weighted by molar-refractivity contribution is 7.98. The molecule has 0 bridgehead atoms. The summed E-state index contributed by atoms with van der Waals surface area (Å²) < 4.78 is 4.75. The lowest BCUT2D eigenvalue weighted by molar-refractivity contribution is -0.146. The van der Waals surface area contributed by atoms with Crippen LogP contribution in [0.2, 0.25) is 0 Å². The van der Waals surface area contributed by atoms with E-state index in [2.05, 4.69) is 0 Å². The second-order valence-corrected chi connectivity index (χ2v) is 4.32. The molecule has 0 aliphatic heterocycles. The molecular weight excluding hydrogens is 230 g/mol. The van der Waals surface area contributed by atoms with Crippen LogP contribution in [-0.4, -0.2) is 60.2 Å². The van der Waals surface area contributed by atoms with E-state index in [-0.39, 0.29) is 18.6 Å². The molecule has 0 aromatic rings. The Balaban J connectivity index is 4.00. The van der Waals surface area contributed by atoms with Crippen LogP contribution in [0.25, 0.3) is 0 Å². The van der Waals surface area contributed by atoms with Gasteiger partial charge in [0.25, 0.3) is 0 Å². The number of ether oxygens (including phenoxy) is 1. The number of carboxylic acids is 1. The van der Waals surface area contributed by atoms with Gasteiger partial charge in [-0.3, -0.25) is 4.79 Å². The first kappa shape index (κ1) is 15.2. The van der Waals surface area contributed by atoms with Crippen molar-refractivity contribution < 1.29 is 19.4 Å². The molecule has 1 atom stereocenters. The maximum absolute atomic E-state index is 11.6. The van der Waals surface area contributed by atoms with Crippen LogP contribution < -0.4 is 0 Å². The van der Waals surface area contributed by atoms with Gasteiger partial charge in [0.05, 0.1) is 0 Å². The monoisotopic (exact) mass is 249 g/mol. The summed E-state index contributed by atoms with van der Waals surface area (Å²) in [6.45, 7) is 1.41. The van der Waals surface area contributed by atoms with Crippen LogP contribution in [0.15, 0.2) is 0 Å². The number of aliphatic carboxylic acids is 1. The molecule has 1 unspecified atom stereocenters. The van der Waals surface area contributed by atoms with E-state index in [1.165, 1.54) is 0 Å². The van der Waals surface area contributed by atoms with Gasteiger partial charge in [0, 0.05) is 18.8 Å². The van der Waals surface area contributed by atoms with Crippen LogP contribution in [0.5, 0.6) is 0 Å². The molecule has 0 rings (SSSR count). The lowest BCUT2D eigenvalue weighted by Gasteiger charge is -2.26. The van der Waals surface area contributed by atoms with Crippen molar-refractivity contribution in [3.05, 3.63) is 0 Å². The van der Waals surface area contributed by atoms with E-state index in [9.17, 15) is 9.59 Å². The number of thioether (sulfide) groups is 1. The van der Waals surface area contributed by atoms with Crippen molar-refractivity contribution in [1.82, 2.24) is 4.90 Å². The molecule has 0 fully saturated rings. The van der Waals surface area contributed by atoms with E-state index < -0.39 is 12.6 Å². The Kier molecular flexibility index (Phi) is 8.01. The average molecular weight is 249 g/mol. The zero-order valence-corrected chi connectivity index (χ0v) is 10.7. The predicted molar refractivity (Wildman–Crippen MR) is 63.7 cm³/mol. The molecule has 0 aromatic carbocycles. The van der Waals surface area contributed by atoms with Gasteiger partial charge in [-0.15, -0.1) is 0 Å². The van der Waals surface area contributed by atoms with Gasteiger partial charge < -0.3 is 14.7 Å². The molecule has 16 heavy (non-hydrogen) atoms. The maximum atomic E-state index is 11.6. The number of rotatable bonds is 8. The van der Waals surface area contributed by atoms with Crippen molar-refractivity contribution in [3.63, 3.8) is 0 Å². The number of carbonyl (C=O) groups excluding carboxylic acids is 1. The van der Waals surface area contributed by atoms with E-state index >= 15 is 0 Å². The molecule has 1 N–H and O–H groups in total. The number of hydrogen-bond acceptors (Lipinski definition) is 4. The van der Waals surface area contributed by atoms with Crippen molar-refractivity contribution in [3.8, 4) is 0 Å². The quantitative estimate of drug-likeness (QED) is 0.685. The third-order valence-electron chi connectivity index (χ3n) is 2.22. The third-order valence-corrected chi connectivity index (χ3v) is 2.94. The van der Waals surface area contributed by atoms with Crippen LogP contribution in [-0.2, 0) is 14.3 Å². The van der Waals surface area contributed by atoms with Crippen molar-refractivity contribution >= 4 is 23.6 Å². The Morgan fingerprint density at radius 1 is 1.44 bits per heavy atom. The summed E-state index contributed by atoms with van der Waals surface area (Å²) in [7, 11) is 1.72. The Hall–Kier alpha value is -0.750. The normalized spacial score (nSPS) is 12.2. The first-order valence-electron chi connectivity index (χ1n) is 5.07. The minimum Gasteiger partial charge on any atom is -0.480 e. The molecule has 0 spiro atoms. The summed E-state index contributed by atoms with van der Waals surface area (Å²) in [5.74, 6) is -0.369. The van der Waals surface area contributed by atoms with Crippen molar-refractivity contribution in [1.29, 1.82) is 0 Å². The highest BCUT2D eigenvalue weighted by Gasteiger charge is 2.17. The number of amides is 1. The lowest BCUT2D eigenvalue weighted by Crippen LogP contribution is -2.40. The molecule has 0 aromatic heterocycles. The van der Waals surface area contributed by atoms with E-state index in [4.69, 9.17) is 9.84 Å². The Bertz CT molecular complexity index is 235. The van der Waals surface area contributed by atoms with Gasteiger partial charge in [-0.25, -0.2) is 4.79 Å². The van der Waals surface area contributed by atoms with E-state index in [1.54, 1.807) is 23.7 Å². The largest absolute Gasteiger partial charge is 0.480 e. The molecule has 1 amide bonds. The fourth-order valence-electron chi connectivity index (χ4n) is 1.23. The minimum absolute atomic E-state index is 0.173. The van der Waals surface area contributed by atoms with Gasteiger partial charge >= 0.3 is 5.97 Å². The van der Waals surface area contributed by atoms with Crippen molar-refractivity contribution in [2.24, 2.45) is 0 Å². The molecule has 94 valence electrons. The summed E-state index contributed by atoms with van der Waals surface area (Å²) in [6.07, 6.45) is 2.86. The third kappa shape index (κ3) is 5.97. The van der Waals surface area contributed by atoms with E-state index in [0.717, 1.165) is 12.2 Å². The topological polar surface area (TPSA) is 66.8 Å². The Morgan fingerprint density at radius 3 is 2.50 bits per heavy atom. The summed E-state index contributed by atoms with van der Waals surface area (Å²) in [5, 5.41) is 8.35. The summed E-state index contributed by atoms with van der Waals surface area (Å²) in [4.78, 5) is 23.4. The average Bonchev–Trinajstić information content (AvgIpc) is 2.24. The van der Waals surface area contributed by atoms with Gasteiger partial charge in [0.15, 0.2) is 0 Å². The first-order valence-corrected chi connectivity index (χ1v) is 6.46. The highest BCUT2D eigenvalue weighted by Crippen LogP contribution is 2.08. The van der Waals surface area contributed by atoms with Gasteiger partial charge in [-0.2, -0.15) is 11.8 Å². The van der Waals surface area contributed by atoms with Crippen LogP contribution in [0.4, 0.5) is 0 Å². The second kappa shape index (κ2) is 8.41. The Labute approximate surface area is 100 Å². The molecule has 5 nitrogen and oxygen atoms in total. The van der Waals surface area contributed by atoms with Gasteiger partial charge in [-0.1, -0.05) is 6.92 Å². The number of likely N-dealkylation sites (N-methyl/N-ethyl adjacent to an activating group) is 1. The van der Waals surface area contributed by atoms with Gasteiger partial charge in [-0.05, 0) is 12.7 Å². The minimum atomic E-state index is -1.06. The zero-order valence-electron chi connectivity index (χ0n) is 9.93. The first-order chi connectivity index (χ1) is 7.52. The van der Waals surface area contributed by atoms with Gasteiger partial charge in [0.2, 0.25) is 5.91 Å². The molecule has 0 aliphatic rings. The maximum Gasteiger partial charge on any atom is 0.329 e. The van der Waals surface area contributed by atoms with Crippen LogP contribution in [0.3, 0.4) is 0 Å². The Morgan fingerprint density at radius 2 is 2.06 bits per heavy atom. The number of nitrogens with zero attached hydrogens (tertiary/aromatic N) is 1. The molecule has 6 heteroatoms. The fourth-order valence-corrected chi connectivity index (χ4v) is 2.07. The van der Waals surface area contributed by atoms with Crippen molar-refractivity contribution in [2.45, 2.75) is 19.4 Å². The van der Waals surface area contributed by atoms with Crippen LogP contribution in [0.1, 0.15) is 13.3 Å². The predicted octanol–water partition coefficient (Wildman–Crippen LogP) is 0.688. The number of carbonyl (C=O) groups is 2. The number of hydrogen-bond donors (Lipinski definition) is 1. The van der Waals surface area contributed by atoms with E-state index in [0.29, 0.717) is 0 Å². The smallest absolute Gasteiger partial charge is 0.329 e. The SMILES string of the molecule is CCC(CSC)N(C)C(=O)COCC(=O)O. The highest BCUT2D eigenvalue weighted by atomic mass is 32.2. The molecular formula is C10H19NO4S. The standard InChI is InChI=1S/C10H19NO4S/c1-4-8(7-16-3)11(2)9(12)5-15-6-10(13)14/h8H,4-7H2,1-3H3,(H,13,14). The molecule has 0 heterocycles. The summed E-state index contributed by atoms with van der Waals surface area (Å²) in [5.41, 5.74) is 0. The van der Waals surface area contributed by atoms with Crippen molar-refractivity contribution in [2.75, 3.05) is 32.3 Å². The molecule has 0 radical (unpaired) electrons. The summed E-state index contributed by atoms with van der Waals surface area (Å²) >= 11 is 1.68. The van der Waals surface area contributed by atoms with Gasteiger partial charge in [0.1, 0.15) is 13.2 Å². The molecule has 0 aliphatic carbocycles. The number of carboxylic acid groups (broad SMARTS) is 1. The van der Waals surface area contributed by atoms with E-state index in [1.807, 2.05) is 13.2 Å². The lowest BCUT2D eigenvalue weighted by atomic mass is 10.2. The van der Waals surface area contributed by atoms with Crippen LogP contribution in [0, 0.1) is 0 Å². The fraction of sp³-hybridized carbons (Fsp3) is 0.800. The molecule has 0 saturated carbocycles. The summed E-state index contributed by atoms with van der Waals surface area (Å²) in [6, 6.07) is 0.177. The second-order valence-electron chi connectivity index (χ2n) is 3.41. The van der Waals surface area contributed by atoms with Crippen LogP contribution >= 0.6 is 11.8 Å². The molecule has 0 saturated heterocycles.